The van der Waals surface area contributed by atoms with Crippen molar-refractivity contribution < 1.29 is 9.53 Å². The second-order valence-corrected chi connectivity index (χ2v) is 3.50. The molecule has 2 N–H and O–H groups in total. The van der Waals surface area contributed by atoms with Gasteiger partial charge in [0.2, 0.25) is 5.91 Å². The molecule has 0 bridgehead atoms. The molecular formula is C10H23ClN2O2. The van der Waals surface area contributed by atoms with Crippen molar-refractivity contribution in [2.75, 3.05) is 27.3 Å². The molecule has 0 aromatic rings. The van der Waals surface area contributed by atoms with Crippen LogP contribution in [0.15, 0.2) is 0 Å². The van der Waals surface area contributed by atoms with Gasteiger partial charge in [0.1, 0.15) is 0 Å². The number of rotatable bonds is 7. The zero-order valence-electron chi connectivity index (χ0n) is 9.86. The first kappa shape index (κ1) is 17.1. The highest BCUT2D eigenvalue weighted by atomic mass is 35.5. The summed E-state index contributed by atoms with van der Waals surface area (Å²) in [4.78, 5) is 13.3. The molecule has 1 unspecified atom stereocenters. The first-order valence-electron chi connectivity index (χ1n) is 5.13. The van der Waals surface area contributed by atoms with Crippen molar-refractivity contribution in [1.82, 2.24) is 4.90 Å². The Labute approximate surface area is 98.6 Å². The Morgan fingerprint density at radius 1 is 1.53 bits per heavy atom. The van der Waals surface area contributed by atoms with E-state index >= 15 is 0 Å². The number of carbonyl (C=O) groups excluding carboxylic acids is 1. The third kappa shape index (κ3) is 7.59. The molecule has 1 atom stereocenters. The highest BCUT2D eigenvalue weighted by Gasteiger charge is 2.16. The summed E-state index contributed by atoms with van der Waals surface area (Å²) in [7, 11) is 3.44. The first-order chi connectivity index (χ1) is 6.63. The Kier molecular flexibility index (Phi) is 11.6. The van der Waals surface area contributed by atoms with E-state index in [-0.39, 0.29) is 24.4 Å². The first-order valence-corrected chi connectivity index (χ1v) is 5.13. The van der Waals surface area contributed by atoms with Crippen molar-refractivity contribution >= 4 is 18.3 Å². The number of halogens is 1. The number of nitrogens with zero attached hydrogens (tertiary/aromatic N) is 1. The lowest BCUT2D eigenvalue weighted by molar-refractivity contribution is -0.131. The standard InChI is InChI=1S/C10H22N2O2.ClH/c1-4-6-9(11)10(13)12(2)7-5-8-14-3;/h9H,4-8,11H2,1-3H3;1H. The Balaban J connectivity index is 0. The number of likely N-dealkylation sites (N-methyl/N-ethyl adjacent to an activating group) is 1. The molecule has 92 valence electrons. The molecule has 1 amide bonds. The van der Waals surface area contributed by atoms with Crippen molar-refractivity contribution in [2.45, 2.75) is 32.2 Å². The average molecular weight is 239 g/mol. The predicted molar refractivity (Wildman–Crippen MR) is 64.3 cm³/mol. The van der Waals surface area contributed by atoms with E-state index in [9.17, 15) is 4.79 Å². The van der Waals surface area contributed by atoms with Crippen molar-refractivity contribution in [2.24, 2.45) is 5.73 Å². The normalized spacial score (nSPS) is 11.7. The van der Waals surface area contributed by atoms with Crippen LogP contribution in [0.5, 0.6) is 0 Å². The van der Waals surface area contributed by atoms with Crippen LogP contribution in [0.3, 0.4) is 0 Å². The van der Waals surface area contributed by atoms with Gasteiger partial charge in [-0.15, -0.1) is 12.4 Å². The van der Waals surface area contributed by atoms with Crippen LogP contribution in [0.25, 0.3) is 0 Å². The average Bonchev–Trinajstić information content (AvgIpc) is 2.17. The third-order valence-electron chi connectivity index (χ3n) is 2.14. The molecule has 0 rings (SSSR count). The molecule has 15 heavy (non-hydrogen) atoms. The van der Waals surface area contributed by atoms with Crippen LogP contribution in [-0.4, -0.2) is 44.2 Å². The Morgan fingerprint density at radius 2 is 2.13 bits per heavy atom. The zero-order chi connectivity index (χ0) is 11.0. The summed E-state index contributed by atoms with van der Waals surface area (Å²) in [5, 5.41) is 0. The Hall–Kier alpha value is -0.320. The van der Waals surface area contributed by atoms with E-state index in [1.165, 1.54) is 0 Å². The van der Waals surface area contributed by atoms with Crippen molar-refractivity contribution in [3.63, 3.8) is 0 Å². The minimum atomic E-state index is -0.340. The number of hydrogen-bond donors (Lipinski definition) is 1. The molecule has 0 aliphatic heterocycles. The quantitative estimate of drug-likeness (QED) is 0.674. The molecule has 0 aromatic heterocycles. The molecule has 0 spiro atoms. The van der Waals surface area contributed by atoms with Gasteiger partial charge in [0, 0.05) is 27.3 Å². The van der Waals surface area contributed by atoms with Crippen LogP contribution < -0.4 is 5.73 Å². The summed E-state index contributed by atoms with van der Waals surface area (Å²) < 4.78 is 4.91. The number of amides is 1. The maximum atomic E-state index is 11.6. The van der Waals surface area contributed by atoms with Crippen molar-refractivity contribution in [3.05, 3.63) is 0 Å². The van der Waals surface area contributed by atoms with Gasteiger partial charge in [-0.3, -0.25) is 4.79 Å². The van der Waals surface area contributed by atoms with Gasteiger partial charge < -0.3 is 15.4 Å². The molecule has 0 radical (unpaired) electrons. The molecule has 0 saturated carbocycles. The summed E-state index contributed by atoms with van der Waals surface area (Å²) in [6.07, 6.45) is 2.56. The zero-order valence-corrected chi connectivity index (χ0v) is 10.7. The minimum absolute atomic E-state index is 0. The van der Waals surface area contributed by atoms with Crippen LogP contribution in [0.4, 0.5) is 0 Å². The van der Waals surface area contributed by atoms with Crippen LogP contribution in [0.1, 0.15) is 26.2 Å². The van der Waals surface area contributed by atoms with E-state index in [2.05, 4.69) is 0 Å². The summed E-state index contributed by atoms with van der Waals surface area (Å²) in [6, 6.07) is -0.340. The SMILES string of the molecule is CCCC(N)C(=O)N(C)CCCOC.Cl. The van der Waals surface area contributed by atoms with E-state index in [1.807, 2.05) is 6.92 Å². The maximum absolute atomic E-state index is 11.6. The maximum Gasteiger partial charge on any atom is 0.239 e. The number of hydrogen-bond acceptors (Lipinski definition) is 3. The Bertz CT molecular complexity index is 168. The molecule has 0 saturated heterocycles. The van der Waals surface area contributed by atoms with Gasteiger partial charge in [-0.2, -0.15) is 0 Å². The van der Waals surface area contributed by atoms with Crippen LogP contribution in [-0.2, 0) is 9.53 Å². The summed E-state index contributed by atoms with van der Waals surface area (Å²) in [5.74, 6) is 0.0305. The van der Waals surface area contributed by atoms with Gasteiger partial charge in [0.25, 0.3) is 0 Å². The third-order valence-corrected chi connectivity index (χ3v) is 2.14. The predicted octanol–water partition coefficient (Wildman–Crippen LogP) is 1.03. The van der Waals surface area contributed by atoms with E-state index in [0.29, 0.717) is 13.2 Å². The number of carbonyl (C=O) groups is 1. The molecule has 0 heterocycles. The molecule has 5 heteroatoms. The van der Waals surface area contributed by atoms with E-state index < -0.39 is 0 Å². The second kappa shape index (κ2) is 10.2. The van der Waals surface area contributed by atoms with Gasteiger partial charge in [-0.25, -0.2) is 0 Å². The molecule has 0 aliphatic carbocycles. The van der Waals surface area contributed by atoms with Crippen LogP contribution in [0, 0.1) is 0 Å². The topological polar surface area (TPSA) is 55.6 Å². The minimum Gasteiger partial charge on any atom is -0.385 e. The second-order valence-electron chi connectivity index (χ2n) is 3.50. The van der Waals surface area contributed by atoms with Gasteiger partial charge in [0.15, 0.2) is 0 Å². The van der Waals surface area contributed by atoms with E-state index in [0.717, 1.165) is 19.3 Å². The van der Waals surface area contributed by atoms with Gasteiger partial charge in [0.05, 0.1) is 6.04 Å². The lowest BCUT2D eigenvalue weighted by Crippen LogP contribution is -2.42. The molecular weight excluding hydrogens is 216 g/mol. The van der Waals surface area contributed by atoms with Crippen LogP contribution >= 0.6 is 12.4 Å². The number of nitrogens with two attached hydrogens (primary N) is 1. The highest BCUT2D eigenvalue weighted by Crippen LogP contribution is 1.99. The van der Waals surface area contributed by atoms with Crippen molar-refractivity contribution in [1.29, 1.82) is 0 Å². The van der Waals surface area contributed by atoms with Crippen molar-refractivity contribution in [3.8, 4) is 0 Å². The molecule has 0 fully saturated rings. The lowest BCUT2D eigenvalue weighted by Gasteiger charge is -2.20. The largest absolute Gasteiger partial charge is 0.385 e. The summed E-state index contributed by atoms with van der Waals surface area (Å²) in [5.41, 5.74) is 5.71. The van der Waals surface area contributed by atoms with Gasteiger partial charge in [-0.1, -0.05) is 13.3 Å². The number of ether oxygens (including phenoxy) is 1. The lowest BCUT2D eigenvalue weighted by atomic mass is 10.1. The fourth-order valence-corrected chi connectivity index (χ4v) is 1.27. The molecule has 0 aromatic carbocycles. The summed E-state index contributed by atoms with van der Waals surface area (Å²) >= 11 is 0. The fourth-order valence-electron chi connectivity index (χ4n) is 1.27. The summed E-state index contributed by atoms with van der Waals surface area (Å²) in [6.45, 7) is 3.42. The molecule has 0 aliphatic rings. The monoisotopic (exact) mass is 238 g/mol. The van der Waals surface area contributed by atoms with Gasteiger partial charge in [-0.05, 0) is 12.8 Å². The molecule has 4 nitrogen and oxygen atoms in total. The smallest absolute Gasteiger partial charge is 0.239 e. The van der Waals surface area contributed by atoms with Gasteiger partial charge >= 0.3 is 0 Å². The van der Waals surface area contributed by atoms with E-state index in [4.69, 9.17) is 10.5 Å². The number of methoxy groups -OCH3 is 1. The van der Waals surface area contributed by atoms with E-state index in [1.54, 1.807) is 19.1 Å². The highest BCUT2D eigenvalue weighted by molar-refractivity contribution is 5.85. The van der Waals surface area contributed by atoms with Crippen LogP contribution in [0.2, 0.25) is 0 Å². The Morgan fingerprint density at radius 3 is 2.60 bits per heavy atom. The fraction of sp³-hybridized carbons (Fsp3) is 0.900.